The fourth-order valence-corrected chi connectivity index (χ4v) is 3.73. The van der Waals surface area contributed by atoms with E-state index in [0.717, 1.165) is 29.6 Å². The van der Waals surface area contributed by atoms with Gasteiger partial charge in [0.05, 0.1) is 4.91 Å². The van der Waals surface area contributed by atoms with Gasteiger partial charge in [0.15, 0.2) is 5.17 Å². The Morgan fingerprint density at radius 1 is 1.17 bits per heavy atom. The van der Waals surface area contributed by atoms with Gasteiger partial charge >= 0.3 is 0 Å². The Morgan fingerprint density at radius 2 is 1.88 bits per heavy atom. The molecule has 1 amide bonds. The van der Waals surface area contributed by atoms with Gasteiger partial charge in [0, 0.05) is 13.1 Å². The molecule has 0 saturated carbocycles. The van der Waals surface area contributed by atoms with Gasteiger partial charge in [-0.05, 0) is 48.4 Å². The van der Waals surface area contributed by atoms with Crippen molar-refractivity contribution in [2.24, 2.45) is 4.99 Å². The quantitative estimate of drug-likeness (QED) is 0.610. The molecule has 0 N–H and O–H groups in total. The topological polar surface area (TPSA) is 41.9 Å². The molecule has 2 heterocycles. The molecule has 0 atom stereocenters. The van der Waals surface area contributed by atoms with Crippen molar-refractivity contribution in [3.63, 3.8) is 0 Å². The zero-order chi connectivity index (χ0) is 16.8. The number of hydrogen-bond donors (Lipinski definition) is 0. The first-order valence-electron chi connectivity index (χ1n) is 8.37. The van der Waals surface area contributed by atoms with Crippen molar-refractivity contribution < 1.29 is 9.53 Å². The molecular weight excluding hydrogens is 320 g/mol. The molecule has 4 nitrogen and oxygen atoms in total. The average molecular weight is 342 g/mol. The molecule has 1 fully saturated rings. The Labute approximate surface area is 147 Å². The van der Waals surface area contributed by atoms with E-state index in [0.29, 0.717) is 11.5 Å². The molecule has 0 radical (unpaired) electrons. The normalized spacial score (nSPS) is 20.0. The Balaban J connectivity index is 1.66. The van der Waals surface area contributed by atoms with Crippen molar-refractivity contribution in [1.82, 2.24) is 4.90 Å². The lowest BCUT2D eigenvalue weighted by atomic mass is 10.2. The van der Waals surface area contributed by atoms with E-state index >= 15 is 0 Å². The molecule has 0 unspecified atom stereocenters. The maximum atomic E-state index is 12.2. The zero-order valence-electron chi connectivity index (χ0n) is 13.7. The maximum Gasteiger partial charge on any atom is 0.286 e. The zero-order valence-corrected chi connectivity index (χ0v) is 14.6. The summed E-state index contributed by atoms with van der Waals surface area (Å²) in [7, 11) is 0. The van der Waals surface area contributed by atoms with E-state index in [4.69, 9.17) is 4.74 Å². The fourth-order valence-electron chi connectivity index (χ4n) is 2.76. The van der Waals surface area contributed by atoms with E-state index in [9.17, 15) is 4.79 Å². The maximum absolute atomic E-state index is 12.2. The highest BCUT2D eigenvalue weighted by atomic mass is 32.2. The van der Waals surface area contributed by atoms with Crippen LogP contribution in [0.4, 0.5) is 0 Å². The van der Waals surface area contributed by atoms with Crippen molar-refractivity contribution in [2.45, 2.75) is 25.7 Å². The number of carbonyl (C=O) groups is 1. The van der Waals surface area contributed by atoms with E-state index in [-0.39, 0.29) is 5.91 Å². The molecular formula is C19H22N2O2S. The Kier molecular flexibility index (Phi) is 5.75. The van der Waals surface area contributed by atoms with E-state index in [2.05, 4.69) is 16.5 Å². The fraction of sp³-hybridized carbons (Fsp3) is 0.368. The van der Waals surface area contributed by atoms with Gasteiger partial charge in [-0.2, -0.15) is 4.99 Å². The number of hydrogen-bond acceptors (Lipinski definition) is 4. The molecule has 0 spiro atoms. The minimum absolute atomic E-state index is 0.133. The molecule has 0 aromatic heterocycles. The Hall–Kier alpha value is -2.01. The van der Waals surface area contributed by atoms with E-state index < -0.39 is 0 Å². The lowest BCUT2D eigenvalue weighted by Crippen LogP contribution is -2.28. The van der Waals surface area contributed by atoms with Gasteiger partial charge in [-0.15, -0.1) is 0 Å². The third-order valence-corrected chi connectivity index (χ3v) is 5.08. The summed E-state index contributed by atoms with van der Waals surface area (Å²) in [4.78, 5) is 19.4. The minimum Gasteiger partial charge on any atom is -0.490 e. The standard InChI is InChI=1S/C19H22N2O2S/c1-2-13-23-16-9-7-15(8-10-16)14-17-18(22)20-19(24-17)21-11-5-3-4-6-12-21/h2,7-10,14H,1,3-6,11-13H2/b17-14-. The number of thioether (sulfide) groups is 1. The number of carbonyl (C=O) groups excluding carboxylic acids is 1. The van der Waals surface area contributed by atoms with Gasteiger partial charge in [0.2, 0.25) is 0 Å². The van der Waals surface area contributed by atoms with Gasteiger partial charge in [-0.25, -0.2) is 0 Å². The first-order valence-corrected chi connectivity index (χ1v) is 9.19. The predicted octanol–water partition coefficient (Wildman–Crippen LogP) is 4.10. The summed E-state index contributed by atoms with van der Waals surface area (Å²) in [5, 5.41) is 0.860. The summed E-state index contributed by atoms with van der Waals surface area (Å²) < 4.78 is 5.47. The van der Waals surface area contributed by atoms with Crippen molar-refractivity contribution >= 4 is 28.9 Å². The van der Waals surface area contributed by atoms with E-state index in [1.54, 1.807) is 6.08 Å². The van der Waals surface area contributed by atoms with E-state index in [1.165, 1.54) is 37.4 Å². The number of rotatable bonds is 4. The second kappa shape index (κ2) is 8.20. The van der Waals surface area contributed by atoms with Crippen LogP contribution >= 0.6 is 11.8 Å². The van der Waals surface area contributed by atoms with Gasteiger partial charge in [-0.1, -0.05) is 37.6 Å². The number of aliphatic imine (C=N–C) groups is 1. The van der Waals surface area contributed by atoms with Crippen molar-refractivity contribution in [3.05, 3.63) is 47.4 Å². The van der Waals surface area contributed by atoms with Crippen LogP contribution in [0.25, 0.3) is 6.08 Å². The second-order valence-electron chi connectivity index (χ2n) is 5.88. The largest absolute Gasteiger partial charge is 0.490 e. The minimum atomic E-state index is -0.133. The molecule has 1 aromatic carbocycles. The number of likely N-dealkylation sites (tertiary alicyclic amines) is 1. The Morgan fingerprint density at radius 3 is 2.54 bits per heavy atom. The van der Waals surface area contributed by atoms with Crippen LogP contribution in [-0.4, -0.2) is 35.7 Å². The van der Waals surface area contributed by atoms with Crippen LogP contribution in [-0.2, 0) is 4.79 Å². The first-order chi connectivity index (χ1) is 11.8. The van der Waals surface area contributed by atoms with Crippen LogP contribution in [0.15, 0.2) is 46.8 Å². The lowest BCUT2D eigenvalue weighted by Gasteiger charge is -2.20. The first kappa shape index (κ1) is 16.8. The highest BCUT2D eigenvalue weighted by Gasteiger charge is 2.26. The molecule has 3 rings (SSSR count). The summed E-state index contributed by atoms with van der Waals surface area (Å²) in [6.07, 6.45) is 8.51. The molecule has 1 saturated heterocycles. The van der Waals surface area contributed by atoms with Crippen LogP contribution < -0.4 is 4.74 Å². The molecule has 2 aliphatic rings. The second-order valence-corrected chi connectivity index (χ2v) is 6.89. The van der Waals surface area contributed by atoms with Crippen LogP contribution in [0.5, 0.6) is 5.75 Å². The highest BCUT2D eigenvalue weighted by Crippen LogP contribution is 2.31. The lowest BCUT2D eigenvalue weighted by molar-refractivity contribution is -0.113. The number of amidine groups is 1. The molecule has 2 aliphatic heterocycles. The molecule has 5 heteroatoms. The SMILES string of the molecule is C=CCOc1ccc(/C=C2\SC(N3CCCCCC3)=NC2=O)cc1. The van der Waals surface area contributed by atoms with Crippen molar-refractivity contribution in [1.29, 1.82) is 0 Å². The number of benzene rings is 1. The smallest absolute Gasteiger partial charge is 0.286 e. The highest BCUT2D eigenvalue weighted by molar-refractivity contribution is 8.18. The summed E-state index contributed by atoms with van der Waals surface area (Å²) >= 11 is 1.49. The number of nitrogens with zero attached hydrogens (tertiary/aromatic N) is 2. The molecule has 24 heavy (non-hydrogen) atoms. The summed E-state index contributed by atoms with van der Waals surface area (Å²) in [6.45, 7) is 6.12. The van der Waals surface area contributed by atoms with Crippen molar-refractivity contribution in [3.8, 4) is 5.75 Å². The monoisotopic (exact) mass is 342 g/mol. The molecule has 0 aliphatic carbocycles. The predicted molar refractivity (Wildman–Crippen MR) is 100 cm³/mol. The summed E-state index contributed by atoms with van der Waals surface area (Å²) in [6, 6.07) is 7.69. The third kappa shape index (κ3) is 4.29. The summed E-state index contributed by atoms with van der Waals surface area (Å²) in [5.74, 6) is 0.662. The molecule has 1 aromatic rings. The van der Waals surface area contributed by atoms with Crippen LogP contribution in [0.1, 0.15) is 31.2 Å². The number of amides is 1. The van der Waals surface area contributed by atoms with Crippen LogP contribution in [0, 0.1) is 0 Å². The average Bonchev–Trinajstić information content (AvgIpc) is 2.80. The third-order valence-electron chi connectivity index (χ3n) is 4.03. The van der Waals surface area contributed by atoms with Gasteiger partial charge in [-0.3, -0.25) is 4.79 Å². The van der Waals surface area contributed by atoms with Gasteiger partial charge < -0.3 is 9.64 Å². The summed E-state index contributed by atoms with van der Waals surface area (Å²) in [5.41, 5.74) is 0.976. The van der Waals surface area contributed by atoms with E-state index in [1.807, 2.05) is 30.3 Å². The Bertz CT molecular complexity index is 656. The van der Waals surface area contributed by atoms with Crippen LogP contribution in [0.3, 0.4) is 0 Å². The molecule has 0 bridgehead atoms. The van der Waals surface area contributed by atoms with Gasteiger partial charge in [0.1, 0.15) is 12.4 Å². The van der Waals surface area contributed by atoms with Gasteiger partial charge in [0.25, 0.3) is 5.91 Å². The van der Waals surface area contributed by atoms with Crippen molar-refractivity contribution in [2.75, 3.05) is 19.7 Å². The van der Waals surface area contributed by atoms with Crippen LogP contribution in [0.2, 0.25) is 0 Å². The number of ether oxygens (including phenoxy) is 1. The molecule has 126 valence electrons.